The van der Waals surface area contributed by atoms with Crippen molar-refractivity contribution in [3.8, 4) is 0 Å². The Balaban J connectivity index is 2.14. The van der Waals surface area contributed by atoms with Crippen molar-refractivity contribution >= 4 is 31.5 Å². The number of hydrogen-bond donors (Lipinski definition) is 0. The van der Waals surface area contributed by atoms with Gasteiger partial charge in [-0.3, -0.25) is 0 Å². The zero-order valence-corrected chi connectivity index (χ0v) is 13.5. The van der Waals surface area contributed by atoms with Crippen molar-refractivity contribution in [2.75, 3.05) is 23.3 Å². The molecule has 1 saturated heterocycles. The van der Waals surface area contributed by atoms with Crippen molar-refractivity contribution in [3.05, 3.63) is 24.3 Å². The first-order valence-corrected chi connectivity index (χ1v) is 9.08. The van der Waals surface area contributed by atoms with E-state index in [2.05, 4.69) is 20.8 Å². The summed E-state index contributed by atoms with van der Waals surface area (Å²) in [5.74, 6) is 0.558. The summed E-state index contributed by atoms with van der Waals surface area (Å²) in [7, 11) is -5.26. The van der Waals surface area contributed by atoms with Crippen LogP contribution in [0.2, 0.25) is 0 Å². The van der Waals surface area contributed by atoms with Crippen molar-refractivity contribution in [2.45, 2.75) is 23.2 Å². The molecule has 1 aliphatic rings. The van der Waals surface area contributed by atoms with Crippen LogP contribution in [0.3, 0.4) is 0 Å². The van der Waals surface area contributed by atoms with E-state index in [9.17, 15) is 21.6 Å². The van der Waals surface area contributed by atoms with E-state index in [0.717, 1.165) is 49.1 Å². The first kappa shape index (κ1) is 16.6. The maximum atomic E-state index is 12.5. The molecule has 21 heavy (non-hydrogen) atoms. The maximum absolute atomic E-state index is 12.5. The largest absolute Gasteiger partial charge is 0.501 e. The van der Waals surface area contributed by atoms with Gasteiger partial charge < -0.3 is 4.90 Å². The summed E-state index contributed by atoms with van der Waals surface area (Å²) in [5.41, 5.74) is -4.50. The molecule has 1 fully saturated rings. The summed E-state index contributed by atoms with van der Waals surface area (Å²) in [5, 5.41) is 0.925. The third-order valence-corrected chi connectivity index (χ3v) is 5.58. The van der Waals surface area contributed by atoms with Crippen molar-refractivity contribution in [1.82, 2.24) is 0 Å². The number of rotatable bonds is 4. The van der Waals surface area contributed by atoms with Gasteiger partial charge in [0.2, 0.25) is 0 Å². The highest BCUT2D eigenvalue weighted by atomic mass is 79.9. The molecule has 2 rings (SSSR count). The molecule has 1 atom stereocenters. The Kier molecular flexibility index (Phi) is 4.87. The third kappa shape index (κ3) is 3.53. The van der Waals surface area contributed by atoms with Gasteiger partial charge in [0.25, 0.3) is 9.84 Å². The molecule has 1 aromatic carbocycles. The number of anilines is 1. The van der Waals surface area contributed by atoms with E-state index in [1.165, 1.54) is 12.1 Å². The fourth-order valence-electron chi connectivity index (χ4n) is 2.43. The first-order valence-electron chi connectivity index (χ1n) is 6.48. The molecule has 0 aromatic heterocycles. The lowest BCUT2D eigenvalue weighted by Crippen LogP contribution is -2.23. The summed E-state index contributed by atoms with van der Waals surface area (Å²) in [6.07, 6.45) is 2.09. The quantitative estimate of drug-likeness (QED) is 0.743. The molecule has 1 aromatic rings. The number of nitrogens with zero attached hydrogens (tertiary/aromatic N) is 1. The lowest BCUT2D eigenvalue weighted by atomic mass is 10.1. The van der Waals surface area contributed by atoms with E-state index >= 15 is 0 Å². The standard InChI is InChI=1S/C13H15BrF3NO2S/c14-7-5-10-6-8-18(9-10)11-1-3-12(4-2-11)21(19,20)13(15,16)17/h1-4,10H,5-9H2. The van der Waals surface area contributed by atoms with Gasteiger partial charge in [0, 0.05) is 24.1 Å². The average Bonchev–Trinajstić information content (AvgIpc) is 2.87. The van der Waals surface area contributed by atoms with Crippen LogP contribution in [0.25, 0.3) is 0 Å². The number of hydrogen-bond acceptors (Lipinski definition) is 3. The van der Waals surface area contributed by atoms with Gasteiger partial charge >= 0.3 is 5.51 Å². The zero-order chi connectivity index (χ0) is 15.7. The molecule has 0 spiro atoms. The van der Waals surface area contributed by atoms with E-state index in [1.54, 1.807) is 0 Å². The van der Waals surface area contributed by atoms with Crippen molar-refractivity contribution < 1.29 is 21.6 Å². The van der Waals surface area contributed by atoms with Gasteiger partial charge in [-0.05, 0) is 43.0 Å². The predicted molar refractivity (Wildman–Crippen MR) is 78.4 cm³/mol. The Morgan fingerprint density at radius 3 is 2.38 bits per heavy atom. The smallest absolute Gasteiger partial charge is 0.371 e. The lowest BCUT2D eigenvalue weighted by Gasteiger charge is -2.19. The van der Waals surface area contributed by atoms with Crippen LogP contribution in [-0.2, 0) is 9.84 Å². The van der Waals surface area contributed by atoms with E-state index in [1.807, 2.05) is 0 Å². The molecular weight excluding hydrogens is 371 g/mol. The van der Waals surface area contributed by atoms with E-state index in [-0.39, 0.29) is 0 Å². The summed E-state index contributed by atoms with van der Waals surface area (Å²) in [4.78, 5) is 1.35. The highest BCUT2D eigenvalue weighted by molar-refractivity contribution is 9.09. The van der Waals surface area contributed by atoms with Gasteiger partial charge in [0.15, 0.2) is 0 Å². The highest BCUT2D eigenvalue weighted by Crippen LogP contribution is 2.32. The molecular formula is C13H15BrF3NO2S. The minimum atomic E-state index is -5.26. The molecule has 0 radical (unpaired) electrons. The second-order valence-electron chi connectivity index (χ2n) is 5.02. The third-order valence-electron chi connectivity index (χ3n) is 3.62. The van der Waals surface area contributed by atoms with Gasteiger partial charge in [-0.15, -0.1) is 0 Å². The van der Waals surface area contributed by atoms with Gasteiger partial charge in [-0.1, -0.05) is 15.9 Å². The molecule has 0 N–H and O–H groups in total. The van der Waals surface area contributed by atoms with Gasteiger partial charge in [0.05, 0.1) is 4.90 Å². The molecule has 0 amide bonds. The van der Waals surface area contributed by atoms with Crippen LogP contribution in [-0.4, -0.2) is 32.3 Å². The zero-order valence-electron chi connectivity index (χ0n) is 11.1. The van der Waals surface area contributed by atoms with Crippen LogP contribution in [0.15, 0.2) is 29.2 Å². The molecule has 3 nitrogen and oxygen atoms in total. The number of halogens is 4. The first-order chi connectivity index (χ1) is 9.75. The fraction of sp³-hybridized carbons (Fsp3) is 0.538. The van der Waals surface area contributed by atoms with E-state index in [4.69, 9.17) is 0 Å². The maximum Gasteiger partial charge on any atom is 0.501 e. The number of alkyl halides is 4. The summed E-state index contributed by atoms with van der Waals surface area (Å²) in [6.45, 7) is 1.68. The van der Waals surface area contributed by atoms with Crippen LogP contribution in [0.5, 0.6) is 0 Å². The molecule has 0 saturated carbocycles. The number of benzene rings is 1. The Morgan fingerprint density at radius 2 is 1.86 bits per heavy atom. The highest BCUT2D eigenvalue weighted by Gasteiger charge is 2.46. The normalized spacial score (nSPS) is 20.0. The molecule has 1 aliphatic heterocycles. The molecule has 1 heterocycles. The second-order valence-corrected chi connectivity index (χ2v) is 7.76. The SMILES string of the molecule is O=S(=O)(c1ccc(N2CCC(CCBr)C2)cc1)C(F)(F)F. The summed E-state index contributed by atoms with van der Waals surface area (Å²) >= 11 is 3.39. The van der Waals surface area contributed by atoms with Crippen molar-refractivity contribution in [2.24, 2.45) is 5.92 Å². The Labute approximate surface area is 130 Å². The van der Waals surface area contributed by atoms with Gasteiger partial charge in [-0.25, -0.2) is 8.42 Å². The van der Waals surface area contributed by atoms with Gasteiger partial charge in [0.1, 0.15) is 0 Å². The monoisotopic (exact) mass is 385 g/mol. The van der Waals surface area contributed by atoms with Crippen molar-refractivity contribution in [3.63, 3.8) is 0 Å². The van der Waals surface area contributed by atoms with E-state index in [0.29, 0.717) is 5.92 Å². The van der Waals surface area contributed by atoms with Crippen LogP contribution in [0, 0.1) is 5.92 Å². The molecule has 8 heteroatoms. The Bertz CT molecular complexity index is 586. The van der Waals surface area contributed by atoms with Crippen LogP contribution in [0.4, 0.5) is 18.9 Å². The Morgan fingerprint density at radius 1 is 1.24 bits per heavy atom. The average molecular weight is 386 g/mol. The number of sulfone groups is 1. The predicted octanol–water partition coefficient (Wildman–Crippen LogP) is 3.59. The molecule has 1 unspecified atom stereocenters. The molecule has 0 bridgehead atoms. The van der Waals surface area contributed by atoms with Gasteiger partial charge in [-0.2, -0.15) is 13.2 Å². The summed E-state index contributed by atoms with van der Waals surface area (Å²) in [6, 6.07) is 4.93. The topological polar surface area (TPSA) is 37.4 Å². The van der Waals surface area contributed by atoms with Crippen LogP contribution < -0.4 is 4.90 Å². The summed E-state index contributed by atoms with van der Waals surface area (Å²) < 4.78 is 59.9. The molecule has 118 valence electrons. The fourth-order valence-corrected chi connectivity index (χ4v) is 3.84. The minimum absolute atomic E-state index is 0.558. The molecule has 0 aliphatic carbocycles. The lowest BCUT2D eigenvalue weighted by molar-refractivity contribution is -0.0436. The Hall–Kier alpha value is -0.760. The van der Waals surface area contributed by atoms with Crippen LogP contribution in [0.1, 0.15) is 12.8 Å². The van der Waals surface area contributed by atoms with Crippen LogP contribution >= 0.6 is 15.9 Å². The van der Waals surface area contributed by atoms with Crippen molar-refractivity contribution in [1.29, 1.82) is 0 Å². The minimum Gasteiger partial charge on any atom is -0.371 e. The second kappa shape index (κ2) is 6.16. The van der Waals surface area contributed by atoms with E-state index < -0.39 is 20.2 Å².